The molecule has 0 bridgehead atoms. The van der Waals surface area contributed by atoms with Crippen molar-refractivity contribution in [2.24, 2.45) is 17.6 Å². The highest BCUT2D eigenvalue weighted by atomic mass is 18.2. The normalized spacial score (nSPS) is 14.2. The number of nitrogens with one attached hydrogen (secondary N) is 4. The maximum atomic E-state index is 13.8. The summed E-state index contributed by atoms with van der Waals surface area (Å²) in [6.07, 6.45) is -0.00900. The highest BCUT2D eigenvalue weighted by molar-refractivity contribution is 6.00. The standard InChI is InChI=1S/C39H54FN7O9/c1-8-23(4)33(36(52)45-30(39(55)56)18-22(2)3)47(7)37(53)24(5)42-32(49)21-46(6)38(54)29(19-25-12-10-9-11-13-25)44-35(51)28(20-31(41)48)43-34(50)26-14-16-27(40)17-15-26/h9-17,22-24,28-30,33H,8,18-21H2,1-7H3,(H2,41,48)(H,42,49)(H,43,50)(H,44,51)(H,45,52)(H,55,56)/t23-,24-,28-,29-,30-,33-/m0/s1/i40-1. The van der Waals surface area contributed by atoms with Gasteiger partial charge in [0.25, 0.3) is 5.91 Å². The van der Waals surface area contributed by atoms with E-state index in [-0.39, 0.29) is 30.2 Å². The summed E-state index contributed by atoms with van der Waals surface area (Å²) in [5.41, 5.74) is 5.99. The number of halogens is 1. The van der Waals surface area contributed by atoms with Gasteiger partial charge in [-0.2, -0.15) is 0 Å². The number of carbonyl (C=O) groups excluding carboxylic acids is 7. The van der Waals surface area contributed by atoms with Crippen LogP contribution in [0.25, 0.3) is 0 Å². The van der Waals surface area contributed by atoms with Crippen LogP contribution in [0.3, 0.4) is 0 Å². The first-order valence-corrected chi connectivity index (χ1v) is 18.3. The number of aliphatic carboxylic acids is 1. The van der Waals surface area contributed by atoms with E-state index >= 15 is 0 Å². The molecular weight excluding hydrogens is 728 g/mol. The van der Waals surface area contributed by atoms with Gasteiger partial charge in [0.2, 0.25) is 35.4 Å². The van der Waals surface area contributed by atoms with Crippen molar-refractivity contribution < 1.29 is 47.9 Å². The third kappa shape index (κ3) is 14.4. The number of rotatable bonds is 21. The largest absolute Gasteiger partial charge is 0.480 e. The monoisotopic (exact) mass is 782 g/mol. The molecule has 2 aromatic carbocycles. The second kappa shape index (κ2) is 21.9. The third-order valence-electron chi connectivity index (χ3n) is 9.07. The Hall–Kier alpha value is -5.87. The lowest BCUT2D eigenvalue weighted by Crippen LogP contribution is -2.58. The van der Waals surface area contributed by atoms with Crippen LogP contribution < -0.4 is 27.0 Å². The molecule has 7 amide bonds. The van der Waals surface area contributed by atoms with Crippen molar-refractivity contribution in [2.45, 2.75) is 90.5 Å². The number of primary amides is 1. The number of nitrogens with zero attached hydrogens (tertiary/aromatic N) is 2. The molecule has 0 fully saturated rings. The van der Waals surface area contributed by atoms with Crippen molar-refractivity contribution in [3.05, 3.63) is 71.5 Å². The van der Waals surface area contributed by atoms with Gasteiger partial charge in [0, 0.05) is 26.1 Å². The minimum Gasteiger partial charge on any atom is -0.480 e. The number of benzene rings is 2. The molecule has 17 heteroatoms. The Morgan fingerprint density at radius 3 is 1.89 bits per heavy atom. The van der Waals surface area contributed by atoms with Crippen molar-refractivity contribution >= 4 is 47.3 Å². The lowest BCUT2D eigenvalue weighted by atomic mass is 9.95. The fourth-order valence-corrected chi connectivity index (χ4v) is 5.92. The fraction of sp³-hybridized carbons (Fsp3) is 0.487. The maximum Gasteiger partial charge on any atom is 0.326 e. The summed E-state index contributed by atoms with van der Waals surface area (Å²) in [6.45, 7) is 8.05. The number of nitrogens with two attached hydrogens (primary N) is 1. The third-order valence-corrected chi connectivity index (χ3v) is 9.07. The second-order valence-corrected chi connectivity index (χ2v) is 14.2. The number of carboxylic acid groups (broad SMARTS) is 1. The Morgan fingerprint density at radius 1 is 0.768 bits per heavy atom. The van der Waals surface area contributed by atoms with Gasteiger partial charge in [0.1, 0.15) is 36.0 Å². The van der Waals surface area contributed by atoms with E-state index in [0.717, 1.165) is 17.0 Å². The number of hydrogen-bond acceptors (Lipinski definition) is 8. The molecule has 7 N–H and O–H groups in total. The van der Waals surface area contributed by atoms with E-state index in [1.807, 2.05) is 20.8 Å². The van der Waals surface area contributed by atoms with Crippen LogP contribution >= 0.6 is 0 Å². The van der Waals surface area contributed by atoms with Crippen LogP contribution in [0, 0.1) is 17.7 Å². The average molecular weight is 783 g/mol. The first-order chi connectivity index (χ1) is 26.2. The summed E-state index contributed by atoms with van der Waals surface area (Å²) in [6, 6.07) is 6.87. The summed E-state index contributed by atoms with van der Waals surface area (Å²) in [7, 11) is 2.70. The Bertz CT molecular complexity index is 1710. The van der Waals surface area contributed by atoms with Crippen molar-refractivity contribution in [1.29, 1.82) is 0 Å². The molecule has 0 aliphatic carbocycles. The molecule has 0 unspecified atom stereocenters. The quantitative estimate of drug-likeness (QED) is 0.106. The van der Waals surface area contributed by atoms with E-state index in [1.54, 1.807) is 37.3 Å². The molecule has 0 saturated carbocycles. The van der Waals surface area contributed by atoms with Crippen LogP contribution in [0.4, 0.5) is 4.39 Å². The van der Waals surface area contributed by atoms with E-state index in [9.17, 15) is 47.9 Å². The van der Waals surface area contributed by atoms with Crippen molar-refractivity contribution in [2.75, 3.05) is 20.6 Å². The van der Waals surface area contributed by atoms with Crippen LogP contribution in [-0.4, -0.2) is 113 Å². The summed E-state index contributed by atoms with van der Waals surface area (Å²) >= 11 is 0. The number of amides is 7. The van der Waals surface area contributed by atoms with Gasteiger partial charge in [-0.05, 0) is 55.0 Å². The molecule has 0 aliphatic rings. The smallest absolute Gasteiger partial charge is 0.326 e. The average Bonchev–Trinajstić information content (AvgIpc) is 3.13. The molecule has 6 atom stereocenters. The van der Waals surface area contributed by atoms with E-state index in [4.69, 9.17) is 5.73 Å². The van der Waals surface area contributed by atoms with Crippen LogP contribution in [-0.2, 0) is 40.0 Å². The minimum absolute atomic E-state index is 0.00218. The van der Waals surface area contributed by atoms with E-state index in [1.165, 1.54) is 38.1 Å². The molecule has 0 radical (unpaired) electrons. The second-order valence-electron chi connectivity index (χ2n) is 14.2. The first kappa shape index (κ1) is 46.3. The molecule has 0 heterocycles. The predicted octanol–water partition coefficient (Wildman–Crippen LogP) is 0.979. The van der Waals surface area contributed by atoms with Gasteiger partial charge in [-0.1, -0.05) is 64.4 Å². The zero-order valence-electron chi connectivity index (χ0n) is 32.8. The fourth-order valence-electron chi connectivity index (χ4n) is 5.92. The summed E-state index contributed by atoms with van der Waals surface area (Å²) in [4.78, 5) is 106. The topological polar surface area (TPSA) is 237 Å². The van der Waals surface area contributed by atoms with Gasteiger partial charge in [0.05, 0.1) is 13.0 Å². The van der Waals surface area contributed by atoms with Crippen LogP contribution in [0.2, 0.25) is 0 Å². The van der Waals surface area contributed by atoms with Gasteiger partial charge in [-0.15, -0.1) is 0 Å². The van der Waals surface area contributed by atoms with E-state index in [2.05, 4.69) is 21.3 Å². The minimum atomic E-state index is -1.51. The summed E-state index contributed by atoms with van der Waals surface area (Å²) in [5.74, 6) is -7.59. The first-order valence-electron chi connectivity index (χ1n) is 18.3. The zero-order valence-corrected chi connectivity index (χ0v) is 32.8. The van der Waals surface area contributed by atoms with Crippen molar-refractivity contribution in [3.8, 4) is 0 Å². The predicted molar refractivity (Wildman–Crippen MR) is 204 cm³/mol. The van der Waals surface area contributed by atoms with Crippen molar-refractivity contribution in [1.82, 2.24) is 31.1 Å². The molecule has 0 aromatic heterocycles. The van der Waals surface area contributed by atoms with Crippen LogP contribution in [0.5, 0.6) is 0 Å². The van der Waals surface area contributed by atoms with Crippen molar-refractivity contribution in [3.63, 3.8) is 0 Å². The Morgan fingerprint density at radius 2 is 1.36 bits per heavy atom. The lowest BCUT2D eigenvalue weighted by molar-refractivity contribution is -0.146. The molecule has 2 rings (SSSR count). The van der Waals surface area contributed by atoms with Gasteiger partial charge in [0.15, 0.2) is 0 Å². The summed E-state index contributed by atoms with van der Waals surface area (Å²) in [5, 5.41) is 19.7. The molecule has 56 heavy (non-hydrogen) atoms. The Kier molecular flexibility index (Phi) is 18.1. The summed E-state index contributed by atoms with van der Waals surface area (Å²) < 4.78 is 13.4. The van der Waals surface area contributed by atoms with Gasteiger partial charge in [-0.25, -0.2) is 9.18 Å². The molecule has 16 nitrogen and oxygen atoms in total. The Balaban J connectivity index is 2.21. The number of carbonyl (C=O) groups is 8. The maximum absolute atomic E-state index is 13.8. The van der Waals surface area contributed by atoms with Crippen LogP contribution in [0.15, 0.2) is 54.6 Å². The highest BCUT2D eigenvalue weighted by Crippen LogP contribution is 2.17. The highest BCUT2D eigenvalue weighted by Gasteiger charge is 2.36. The number of likely N-dealkylation sites (N-methyl/N-ethyl adjacent to an activating group) is 2. The molecule has 0 spiro atoms. The molecule has 2 aromatic rings. The van der Waals surface area contributed by atoms with Gasteiger partial charge >= 0.3 is 5.97 Å². The SMILES string of the molecule is CC[C@H](C)[C@@H](C(=O)N[C@@H](CC(C)C)C(=O)O)N(C)C(=O)[C@H](C)NC(=O)CN(C)C(=O)[C@H](Cc1ccccc1)NC(=O)[C@H](CC(N)=O)NC(=O)c1ccc([18F])cc1. The molecule has 0 saturated heterocycles. The number of hydrogen-bond donors (Lipinski definition) is 6. The zero-order chi connectivity index (χ0) is 42.3. The van der Waals surface area contributed by atoms with E-state index in [0.29, 0.717) is 12.0 Å². The lowest BCUT2D eigenvalue weighted by Gasteiger charge is -2.34. The molecular formula is C39H54FN7O9. The molecule has 0 aliphatic heterocycles. The Labute approximate surface area is 326 Å². The van der Waals surface area contributed by atoms with Gasteiger partial charge in [-0.3, -0.25) is 33.6 Å². The number of carboxylic acids is 1. The van der Waals surface area contributed by atoms with Gasteiger partial charge < -0.3 is 41.9 Å². The molecule has 306 valence electrons. The van der Waals surface area contributed by atoms with E-state index < -0.39 is 96.3 Å². The van der Waals surface area contributed by atoms with Crippen LogP contribution in [0.1, 0.15) is 69.8 Å².